The quantitative estimate of drug-likeness (QED) is 0.426. The van der Waals surface area contributed by atoms with Crippen LogP contribution in [-0.4, -0.2) is 23.2 Å². The highest BCUT2D eigenvalue weighted by Gasteiger charge is 2.18. The monoisotopic (exact) mass is 374 g/mol. The van der Waals surface area contributed by atoms with Gasteiger partial charge >= 0.3 is 0 Å². The van der Waals surface area contributed by atoms with E-state index in [0.717, 1.165) is 4.90 Å². The van der Waals surface area contributed by atoms with Crippen molar-refractivity contribution >= 4 is 29.0 Å². The van der Waals surface area contributed by atoms with Crippen molar-refractivity contribution in [2.24, 2.45) is 0 Å². The summed E-state index contributed by atoms with van der Waals surface area (Å²) in [4.78, 5) is 23.9. The van der Waals surface area contributed by atoms with Gasteiger partial charge in [0, 0.05) is 17.0 Å². The van der Waals surface area contributed by atoms with Gasteiger partial charge in [-0.05, 0) is 36.6 Å². The maximum absolute atomic E-state index is 12.5. The number of hydrogen-bond donors (Lipinski definition) is 1. The fourth-order valence-corrected chi connectivity index (χ4v) is 3.20. The summed E-state index contributed by atoms with van der Waals surface area (Å²) in [5, 5.41) is 13.3. The van der Waals surface area contributed by atoms with Crippen LogP contribution in [-0.2, 0) is 4.79 Å². The van der Waals surface area contributed by atoms with Crippen LogP contribution in [0.25, 0.3) is 0 Å². The Kier molecular flexibility index (Phi) is 6.63. The minimum absolute atomic E-state index is 0.106. The summed E-state index contributed by atoms with van der Waals surface area (Å²) in [6.07, 6.45) is 0. The maximum atomic E-state index is 12.5. The maximum Gasteiger partial charge on any atom is 0.271 e. The number of methoxy groups -OCH3 is 1. The Balaban J connectivity index is 2.09. The van der Waals surface area contributed by atoms with Gasteiger partial charge in [-0.3, -0.25) is 14.9 Å². The van der Waals surface area contributed by atoms with Crippen LogP contribution in [0.5, 0.6) is 5.75 Å². The van der Waals surface area contributed by atoms with Crippen molar-refractivity contribution in [2.45, 2.75) is 36.8 Å². The predicted molar refractivity (Wildman–Crippen MR) is 104 cm³/mol. The van der Waals surface area contributed by atoms with Crippen molar-refractivity contribution in [1.29, 1.82) is 0 Å². The molecule has 0 saturated carbocycles. The van der Waals surface area contributed by atoms with Gasteiger partial charge in [-0.2, -0.15) is 0 Å². The number of ether oxygens (including phenoxy) is 1. The summed E-state index contributed by atoms with van der Waals surface area (Å²) >= 11 is 1.43. The summed E-state index contributed by atoms with van der Waals surface area (Å²) in [7, 11) is 1.45. The van der Waals surface area contributed by atoms with Crippen molar-refractivity contribution in [3.63, 3.8) is 0 Å². The molecular weight excluding hydrogens is 352 g/mol. The molecule has 138 valence electrons. The minimum Gasteiger partial charge on any atom is -0.495 e. The van der Waals surface area contributed by atoms with Crippen LogP contribution in [0, 0.1) is 10.1 Å². The van der Waals surface area contributed by atoms with E-state index in [0.29, 0.717) is 11.7 Å². The first kappa shape index (κ1) is 19.8. The standard InChI is InChI=1S/C19H22N2O4S/c1-12(2)14-5-8-16(9-6-14)26-13(3)19(22)20-17-11-15(21(23)24)7-10-18(17)25-4/h5-13H,1-4H3,(H,20,22). The highest BCUT2D eigenvalue weighted by atomic mass is 32.2. The first-order valence-corrected chi connectivity index (χ1v) is 9.09. The van der Waals surface area contributed by atoms with Crippen LogP contribution in [0.4, 0.5) is 11.4 Å². The fraction of sp³-hybridized carbons (Fsp3) is 0.316. The molecule has 0 fully saturated rings. The second kappa shape index (κ2) is 8.71. The van der Waals surface area contributed by atoms with Crippen molar-refractivity contribution in [1.82, 2.24) is 0 Å². The van der Waals surface area contributed by atoms with Gasteiger partial charge in [0.2, 0.25) is 5.91 Å². The minimum atomic E-state index is -0.510. The summed E-state index contributed by atoms with van der Waals surface area (Å²) in [5.41, 5.74) is 1.42. The molecule has 0 aliphatic carbocycles. The number of carbonyl (C=O) groups is 1. The van der Waals surface area contributed by atoms with E-state index in [-0.39, 0.29) is 22.5 Å². The van der Waals surface area contributed by atoms with Gasteiger partial charge in [0.25, 0.3) is 5.69 Å². The van der Waals surface area contributed by atoms with Crippen molar-refractivity contribution in [3.05, 3.63) is 58.1 Å². The third kappa shape index (κ3) is 4.98. The van der Waals surface area contributed by atoms with Gasteiger partial charge in [0.05, 0.1) is 23.0 Å². The average molecular weight is 374 g/mol. The zero-order chi connectivity index (χ0) is 19.3. The van der Waals surface area contributed by atoms with Crippen molar-refractivity contribution < 1.29 is 14.5 Å². The number of rotatable bonds is 7. The SMILES string of the molecule is COc1ccc([N+](=O)[O-])cc1NC(=O)C(C)Sc1ccc(C(C)C)cc1. The number of nitro groups is 1. The molecule has 1 amide bonds. The number of nitrogens with one attached hydrogen (secondary N) is 1. The van der Waals surface area contributed by atoms with Crippen LogP contribution in [0.3, 0.4) is 0 Å². The lowest BCUT2D eigenvalue weighted by Gasteiger charge is -2.14. The number of nitro benzene ring substituents is 1. The van der Waals surface area contributed by atoms with Crippen LogP contribution in [0.1, 0.15) is 32.3 Å². The molecule has 0 bridgehead atoms. The first-order valence-electron chi connectivity index (χ1n) is 8.21. The molecule has 2 aromatic rings. The molecule has 7 heteroatoms. The third-order valence-electron chi connectivity index (χ3n) is 3.88. The molecule has 2 rings (SSSR count). The van der Waals surface area contributed by atoms with Gasteiger partial charge in [-0.1, -0.05) is 26.0 Å². The molecular formula is C19H22N2O4S. The molecule has 0 aliphatic rings. The lowest BCUT2D eigenvalue weighted by atomic mass is 10.0. The molecule has 0 heterocycles. The van der Waals surface area contributed by atoms with Crippen LogP contribution >= 0.6 is 11.8 Å². The highest BCUT2D eigenvalue weighted by molar-refractivity contribution is 8.00. The van der Waals surface area contributed by atoms with Crippen LogP contribution in [0.2, 0.25) is 0 Å². The predicted octanol–water partition coefficient (Wildman–Crippen LogP) is 4.85. The largest absolute Gasteiger partial charge is 0.495 e. The van der Waals surface area contributed by atoms with E-state index >= 15 is 0 Å². The first-order chi connectivity index (χ1) is 12.3. The summed E-state index contributed by atoms with van der Waals surface area (Å²) in [6, 6.07) is 12.2. The Hall–Kier alpha value is -2.54. The molecule has 0 aromatic heterocycles. The molecule has 6 nitrogen and oxygen atoms in total. The van der Waals surface area contributed by atoms with E-state index in [1.807, 2.05) is 12.1 Å². The molecule has 1 unspecified atom stereocenters. The van der Waals surface area contributed by atoms with Gasteiger partial charge in [-0.15, -0.1) is 11.8 Å². The normalized spacial score (nSPS) is 11.9. The summed E-state index contributed by atoms with van der Waals surface area (Å²) in [6.45, 7) is 6.05. The highest BCUT2D eigenvalue weighted by Crippen LogP contribution is 2.31. The number of anilines is 1. The van der Waals surface area contributed by atoms with Gasteiger partial charge in [0.1, 0.15) is 5.75 Å². The fourth-order valence-electron chi connectivity index (χ4n) is 2.33. The molecule has 0 radical (unpaired) electrons. The molecule has 0 spiro atoms. The number of nitrogens with zero attached hydrogens (tertiary/aromatic N) is 1. The van der Waals surface area contributed by atoms with Crippen molar-refractivity contribution in [3.8, 4) is 5.75 Å². The Labute approximate surface area is 157 Å². The molecule has 1 N–H and O–H groups in total. The number of thioether (sulfide) groups is 1. The van der Waals surface area contributed by atoms with Gasteiger partial charge < -0.3 is 10.1 Å². The van der Waals surface area contributed by atoms with Gasteiger partial charge in [-0.25, -0.2) is 0 Å². The zero-order valence-electron chi connectivity index (χ0n) is 15.2. The Morgan fingerprint density at radius 2 is 1.81 bits per heavy atom. The molecule has 2 aromatic carbocycles. The van der Waals surface area contributed by atoms with E-state index in [1.165, 1.54) is 42.6 Å². The average Bonchev–Trinajstić information content (AvgIpc) is 2.61. The molecule has 1 atom stereocenters. The van der Waals surface area contributed by atoms with E-state index in [9.17, 15) is 14.9 Å². The second-order valence-corrected chi connectivity index (χ2v) is 7.53. The number of non-ortho nitro benzene ring substituents is 1. The lowest BCUT2D eigenvalue weighted by Crippen LogP contribution is -2.22. The van der Waals surface area contributed by atoms with E-state index in [2.05, 4.69) is 31.3 Å². The van der Waals surface area contributed by atoms with Crippen molar-refractivity contribution in [2.75, 3.05) is 12.4 Å². The van der Waals surface area contributed by atoms with E-state index in [4.69, 9.17) is 4.74 Å². The van der Waals surface area contributed by atoms with Crippen LogP contribution < -0.4 is 10.1 Å². The Bertz CT molecular complexity index is 791. The topological polar surface area (TPSA) is 81.5 Å². The Morgan fingerprint density at radius 1 is 1.15 bits per heavy atom. The summed E-state index contributed by atoms with van der Waals surface area (Å²) in [5.74, 6) is 0.584. The number of hydrogen-bond acceptors (Lipinski definition) is 5. The van der Waals surface area contributed by atoms with E-state index < -0.39 is 4.92 Å². The molecule has 0 saturated heterocycles. The Morgan fingerprint density at radius 3 is 2.35 bits per heavy atom. The molecule has 0 aliphatic heterocycles. The zero-order valence-corrected chi connectivity index (χ0v) is 16.0. The number of benzene rings is 2. The lowest BCUT2D eigenvalue weighted by molar-refractivity contribution is -0.384. The number of amides is 1. The second-order valence-electron chi connectivity index (χ2n) is 6.11. The van der Waals surface area contributed by atoms with Crippen LogP contribution in [0.15, 0.2) is 47.4 Å². The number of carbonyl (C=O) groups excluding carboxylic acids is 1. The van der Waals surface area contributed by atoms with E-state index in [1.54, 1.807) is 6.92 Å². The summed E-state index contributed by atoms with van der Waals surface area (Å²) < 4.78 is 5.17. The third-order valence-corrected chi connectivity index (χ3v) is 4.99. The molecule has 26 heavy (non-hydrogen) atoms. The smallest absolute Gasteiger partial charge is 0.271 e. The van der Waals surface area contributed by atoms with Gasteiger partial charge in [0.15, 0.2) is 0 Å².